The molecule has 16 nitrogen and oxygen atoms in total. The standard InChI is InChI=1S/C22H22N8O8S/c1-35-19-23-7-13(8-24-19)15-3-5-27-11-17(15)29(21(27)31)37-39(33,34)38-30-18-12-28(22(30)32)6-4-16(18)14-9-25-20(36-2)26-10-14/h3-4,7-10,17-18H,5-6,11-12H2,1-2H3. The Kier molecular flexibility index (Phi) is 6.04. The molecule has 2 aromatic heterocycles. The van der Waals surface area contributed by atoms with Gasteiger partial charge in [0.05, 0.1) is 27.3 Å². The summed E-state index contributed by atoms with van der Waals surface area (Å²) >= 11 is 0. The van der Waals surface area contributed by atoms with E-state index in [0.717, 1.165) is 10.1 Å². The van der Waals surface area contributed by atoms with Crippen molar-refractivity contribution in [3.63, 3.8) is 0 Å². The van der Waals surface area contributed by atoms with Gasteiger partial charge in [0.2, 0.25) is 0 Å². The second-order valence-electron chi connectivity index (χ2n) is 8.85. The summed E-state index contributed by atoms with van der Waals surface area (Å²) in [6.07, 6.45) is 9.56. The molecule has 4 aliphatic rings. The lowest BCUT2D eigenvalue weighted by molar-refractivity contribution is -0.0702. The molecule has 2 fully saturated rings. The Morgan fingerprint density at radius 1 is 0.718 bits per heavy atom. The number of hydrogen-bond acceptors (Lipinski definition) is 12. The van der Waals surface area contributed by atoms with Gasteiger partial charge in [-0.1, -0.05) is 12.2 Å². The quantitative estimate of drug-likeness (QED) is 0.429. The summed E-state index contributed by atoms with van der Waals surface area (Å²) in [6, 6.07) is -2.59. The van der Waals surface area contributed by atoms with Crippen LogP contribution < -0.4 is 9.47 Å². The van der Waals surface area contributed by atoms with Crippen LogP contribution in [-0.4, -0.2) is 113 Å². The maximum atomic E-state index is 13.1. The second kappa shape index (κ2) is 9.44. The number of carbonyl (C=O) groups is 2. The first kappa shape index (κ1) is 25.0. The molecule has 0 spiro atoms. The minimum atomic E-state index is -4.92. The highest BCUT2D eigenvalue weighted by Gasteiger charge is 2.49. The third kappa shape index (κ3) is 4.39. The van der Waals surface area contributed by atoms with Gasteiger partial charge in [0.1, 0.15) is 12.1 Å². The van der Waals surface area contributed by atoms with E-state index in [1.54, 1.807) is 12.2 Å². The molecule has 6 heterocycles. The molecular weight excluding hydrogens is 536 g/mol. The molecule has 0 N–H and O–H groups in total. The fourth-order valence-electron chi connectivity index (χ4n) is 4.85. The summed E-state index contributed by atoms with van der Waals surface area (Å²) < 4.78 is 46.4. The van der Waals surface area contributed by atoms with E-state index >= 15 is 0 Å². The highest BCUT2D eigenvalue weighted by Crippen LogP contribution is 2.36. The number of hydrogen-bond donors (Lipinski definition) is 0. The minimum absolute atomic E-state index is 0.161. The summed E-state index contributed by atoms with van der Waals surface area (Å²) in [7, 11) is -2.06. The predicted octanol–water partition coefficient (Wildman–Crippen LogP) is 0.0984. The molecular formula is C22H22N8O8S. The maximum absolute atomic E-state index is 13.1. The number of urea groups is 2. The average molecular weight is 559 g/mol. The Balaban J connectivity index is 1.21. The molecule has 2 atom stereocenters. The summed E-state index contributed by atoms with van der Waals surface area (Å²) in [4.78, 5) is 45.0. The van der Waals surface area contributed by atoms with Crippen LogP contribution in [0.1, 0.15) is 11.1 Å². The number of fused-ring (bicyclic) bond motifs is 4. The van der Waals surface area contributed by atoms with E-state index in [1.165, 1.54) is 48.8 Å². The van der Waals surface area contributed by atoms with Gasteiger partial charge in [-0.2, -0.15) is 18.5 Å². The van der Waals surface area contributed by atoms with Crippen molar-refractivity contribution in [2.75, 3.05) is 40.4 Å². The second-order valence-corrected chi connectivity index (χ2v) is 9.97. The first-order valence-electron chi connectivity index (χ1n) is 11.7. The van der Waals surface area contributed by atoms with Crippen LogP contribution in [-0.2, 0) is 19.0 Å². The summed E-state index contributed by atoms with van der Waals surface area (Å²) in [6.45, 7) is 0.819. The van der Waals surface area contributed by atoms with Crippen molar-refractivity contribution in [2.24, 2.45) is 0 Å². The fourth-order valence-corrected chi connectivity index (χ4v) is 5.61. The van der Waals surface area contributed by atoms with Crippen molar-refractivity contribution >= 4 is 33.6 Å². The van der Waals surface area contributed by atoms with Crippen LogP contribution in [0.3, 0.4) is 0 Å². The number of nitrogens with zero attached hydrogens (tertiary/aromatic N) is 8. The Hall–Kier alpha value is -4.35. The highest BCUT2D eigenvalue weighted by atomic mass is 32.3. The van der Waals surface area contributed by atoms with Crippen molar-refractivity contribution in [1.82, 2.24) is 39.9 Å². The smallest absolute Gasteiger partial charge is 0.442 e. The van der Waals surface area contributed by atoms with Crippen LogP contribution in [0.4, 0.5) is 9.59 Å². The van der Waals surface area contributed by atoms with Crippen molar-refractivity contribution in [2.45, 2.75) is 12.1 Å². The van der Waals surface area contributed by atoms with E-state index in [2.05, 4.69) is 19.9 Å². The third-order valence-electron chi connectivity index (χ3n) is 6.68. The zero-order valence-electron chi connectivity index (χ0n) is 20.7. The molecule has 4 aliphatic heterocycles. The average Bonchev–Trinajstić information content (AvgIpc) is 3.33. The first-order valence-corrected chi connectivity index (χ1v) is 13.0. The normalized spacial score (nSPS) is 22.3. The van der Waals surface area contributed by atoms with Gasteiger partial charge in [-0.05, 0) is 11.1 Å². The zero-order chi connectivity index (χ0) is 27.3. The molecule has 4 bridgehead atoms. The molecule has 4 amide bonds. The summed E-state index contributed by atoms with van der Waals surface area (Å²) in [5.74, 6) is 0. The van der Waals surface area contributed by atoms with E-state index in [9.17, 15) is 18.0 Å². The molecule has 0 aliphatic carbocycles. The SMILES string of the molecule is COc1ncc(C2=CCN3CC2N(OS(=O)(=O)ON2C(=O)N4CC=C(c5cnc(OC)nc5)C2C4)C3=O)cn1. The number of amides is 4. The third-order valence-corrected chi connectivity index (χ3v) is 7.37. The van der Waals surface area contributed by atoms with E-state index in [-0.39, 0.29) is 38.2 Å². The summed E-state index contributed by atoms with van der Waals surface area (Å²) in [5, 5.41) is 1.44. The Labute approximate surface area is 222 Å². The molecule has 6 rings (SSSR count). The van der Waals surface area contributed by atoms with Crippen molar-refractivity contribution < 1.29 is 36.0 Å². The summed E-state index contributed by atoms with van der Waals surface area (Å²) in [5.41, 5.74) is 2.32. The molecule has 204 valence electrons. The molecule has 0 saturated carbocycles. The molecule has 2 aromatic rings. The molecule has 0 radical (unpaired) electrons. The topological polar surface area (TPSA) is 170 Å². The van der Waals surface area contributed by atoms with Crippen LogP contribution in [0.2, 0.25) is 0 Å². The van der Waals surface area contributed by atoms with E-state index in [1.807, 2.05) is 0 Å². The first-order chi connectivity index (χ1) is 18.8. The molecule has 2 unspecified atom stereocenters. The van der Waals surface area contributed by atoms with Gasteiger partial charge in [-0.3, -0.25) is 0 Å². The molecule has 2 saturated heterocycles. The lowest BCUT2D eigenvalue weighted by Crippen LogP contribution is -2.41. The van der Waals surface area contributed by atoms with Crippen molar-refractivity contribution in [3.8, 4) is 12.0 Å². The van der Waals surface area contributed by atoms with Gasteiger partial charge in [-0.15, -0.1) is 8.57 Å². The van der Waals surface area contributed by atoms with E-state index < -0.39 is 34.5 Å². The van der Waals surface area contributed by atoms with Crippen LogP contribution in [0.15, 0.2) is 36.9 Å². The number of carbonyl (C=O) groups excluding carboxylic acids is 2. The fraction of sp³-hybridized carbons (Fsp3) is 0.364. The number of ether oxygens (including phenoxy) is 2. The number of hydroxylamine groups is 4. The number of aromatic nitrogens is 4. The van der Waals surface area contributed by atoms with Gasteiger partial charge in [0, 0.05) is 49.0 Å². The monoisotopic (exact) mass is 558 g/mol. The zero-order valence-corrected chi connectivity index (χ0v) is 21.5. The lowest BCUT2D eigenvalue weighted by Gasteiger charge is -2.26. The molecule has 0 aromatic carbocycles. The minimum Gasteiger partial charge on any atom is -0.467 e. The lowest BCUT2D eigenvalue weighted by atomic mass is 9.99. The Morgan fingerprint density at radius 3 is 1.46 bits per heavy atom. The van der Waals surface area contributed by atoms with Crippen LogP contribution in [0.25, 0.3) is 11.1 Å². The van der Waals surface area contributed by atoms with Crippen LogP contribution in [0.5, 0.6) is 12.0 Å². The maximum Gasteiger partial charge on any atom is 0.442 e. The van der Waals surface area contributed by atoms with Crippen LogP contribution >= 0.6 is 0 Å². The van der Waals surface area contributed by atoms with Crippen LogP contribution in [0, 0.1) is 0 Å². The van der Waals surface area contributed by atoms with Gasteiger partial charge in [0.15, 0.2) is 0 Å². The van der Waals surface area contributed by atoms with E-state index in [0.29, 0.717) is 22.3 Å². The van der Waals surface area contributed by atoms with Crippen molar-refractivity contribution in [1.29, 1.82) is 0 Å². The van der Waals surface area contributed by atoms with Gasteiger partial charge in [0.25, 0.3) is 0 Å². The highest BCUT2D eigenvalue weighted by molar-refractivity contribution is 7.81. The van der Waals surface area contributed by atoms with Gasteiger partial charge >= 0.3 is 34.5 Å². The van der Waals surface area contributed by atoms with E-state index in [4.69, 9.17) is 18.0 Å². The Morgan fingerprint density at radius 2 is 1.10 bits per heavy atom. The number of methoxy groups -OCH3 is 2. The molecule has 17 heteroatoms. The molecule has 39 heavy (non-hydrogen) atoms. The largest absolute Gasteiger partial charge is 0.467 e. The van der Waals surface area contributed by atoms with Gasteiger partial charge < -0.3 is 19.3 Å². The predicted molar refractivity (Wildman–Crippen MR) is 129 cm³/mol. The van der Waals surface area contributed by atoms with Gasteiger partial charge in [-0.25, -0.2) is 29.5 Å². The number of rotatable bonds is 8. The van der Waals surface area contributed by atoms with Crippen molar-refractivity contribution in [3.05, 3.63) is 48.1 Å². The Bertz CT molecular complexity index is 1370.